The monoisotopic (exact) mass is 346 g/mol. The molecule has 0 unspecified atom stereocenters. The van der Waals surface area contributed by atoms with Gasteiger partial charge in [-0.05, 0) is 25.3 Å². The maximum atomic E-state index is 12.1. The first kappa shape index (κ1) is 14.3. The first-order chi connectivity index (χ1) is 8.96. The standard InChI is InChI=1S/C12H12BrClN2O3/c13-9-4-8(5-10(6-9)16(18)19)11(17)15-12(7-14)2-1-3-12/h4-6H,1-3,7H2,(H,15,17). The molecule has 0 atom stereocenters. The molecule has 19 heavy (non-hydrogen) atoms. The molecule has 0 spiro atoms. The van der Waals surface area contributed by atoms with Gasteiger partial charge in [0.2, 0.25) is 0 Å². The van der Waals surface area contributed by atoms with Crippen LogP contribution < -0.4 is 5.32 Å². The fourth-order valence-electron chi connectivity index (χ4n) is 2.02. The van der Waals surface area contributed by atoms with Crippen molar-refractivity contribution in [2.75, 3.05) is 5.88 Å². The third-order valence-corrected chi connectivity index (χ3v) is 4.27. The molecule has 7 heteroatoms. The van der Waals surface area contributed by atoms with E-state index >= 15 is 0 Å². The van der Waals surface area contributed by atoms with E-state index in [2.05, 4.69) is 21.2 Å². The van der Waals surface area contributed by atoms with Gasteiger partial charge >= 0.3 is 0 Å². The molecular weight excluding hydrogens is 336 g/mol. The number of nitrogens with zero attached hydrogens (tertiary/aromatic N) is 1. The Hall–Kier alpha value is -1.14. The lowest BCUT2D eigenvalue weighted by atomic mass is 9.78. The normalized spacial score (nSPS) is 16.5. The van der Waals surface area contributed by atoms with Crippen molar-refractivity contribution in [2.24, 2.45) is 0 Å². The molecule has 1 fully saturated rings. The Balaban J connectivity index is 2.21. The molecule has 0 aliphatic heterocycles. The fraction of sp³-hybridized carbons (Fsp3) is 0.417. The summed E-state index contributed by atoms with van der Waals surface area (Å²) in [5, 5.41) is 13.6. The number of carbonyl (C=O) groups excluding carboxylic acids is 1. The fourth-order valence-corrected chi connectivity index (χ4v) is 2.83. The molecular formula is C12H12BrClN2O3. The van der Waals surface area contributed by atoms with E-state index in [1.807, 2.05) is 0 Å². The van der Waals surface area contributed by atoms with Gasteiger partial charge in [0.05, 0.1) is 10.5 Å². The smallest absolute Gasteiger partial charge is 0.271 e. The molecule has 1 N–H and O–H groups in total. The van der Waals surface area contributed by atoms with Crippen LogP contribution >= 0.6 is 27.5 Å². The van der Waals surface area contributed by atoms with E-state index in [-0.39, 0.29) is 22.7 Å². The molecule has 0 heterocycles. The van der Waals surface area contributed by atoms with Crippen LogP contribution in [0.3, 0.4) is 0 Å². The largest absolute Gasteiger partial charge is 0.345 e. The highest BCUT2D eigenvalue weighted by atomic mass is 79.9. The zero-order valence-electron chi connectivity index (χ0n) is 9.99. The molecule has 2 rings (SSSR count). The van der Waals surface area contributed by atoms with Crippen LogP contribution in [-0.2, 0) is 0 Å². The summed E-state index contributed by atoms with van der Waals surface area (Å²) in [6, 6.07) is 4.18. The van der Waals surface area contributed by atoms with Gasteiger partial charge in [0, 0.05) is 28.0 Å². The van der Waals surface area contributed by atoms with E-state index in [1.165, 1.54) is 12.1 Å². The van der Waals surface area contributed by atoms with Crippen LogP contribution in [0, 0.1) is 10.1 Å². The number of amides is 1. The van der Waals surface area contributed by atoms with Crippen molar-refractivity contribution < 1.29 is 9.72 Å². The van der Waals surface area contributed by atoms with Gasteiger partial charge in [-0.2, -0.15) is 0 Å². The van der Waals surface area contributed by atoms with Gasteiger partial charge in [-0.15, -0.1) is 11.6 Å². The summed E-state index contributed by atoms with van der Waals surface area (Å²) in [5.41, 5.74) is -0.207. The summed E-state index contributed by atoms with van der Waals surface area (Å²) in [7, 11) is 0. The average Bonchev–Trinajstić information content (AvgIpc) is 2.32. The quantitative estimate of drug-likeness (QED) is 0.516. The number of nitro groups is 1. The Morgan fingerprint density at radius 3 is 2.63 bits per heavy atom. The SMILES string of the molecule is O=C(NC1(CCl)CCC1)c1cc(Br)cc([N+](=O)[O-])c1. The zero-order valence-corrected chi connectivity index (χ0v) is 12.3. The topological polar surface area (TPSA) is 72.2 Å². The van der Waals surface area contributed by atoms with E-state index in [9.17, 15) is 14.9 Å². The van der Waals surface area contributed by atoms with Gasteiger partial charge in [0.25, 0.3) is 11.6 Å². The predicted octanol–water partition coefficient (Wildman–Crippen LogP) is 3.25. The van der Waals surface area contributed by atoms with Crippen molar-refractivity contribution in [3.05, 3.63) is 38.3 Å². The van der Waals surface area contributed by atoms with Crippen LogP contribution in [-0.4, -0.2) is 22.2 Å². The van der Waals surface area contributed by atoms with Crippen LogP contribution in [0.5, 0.6) is 0 Å². The average molecular weight is 348 g/mol. The third-order valence-electron chi connectivity index (χ3n) is 3.30. The van der Waals surface area contributed by atoms with Gasteiger partial charge in [-0.25, -0.2) is 0 Å². The minimum absolute atomic E-state index is 0.118. The number of nitro benzene ring substituents is 1. The summed E-state index contributed by atoms with van der Waals surface area (Å²) < 4.78 is 0.500. The highest BCUT2D eigenvalue weighted by Gasteiger charge is 2.37. The minimum Gasteiger partial charge on any atom is -0.345 e. The number of nitrogens with one attached hydrogen (secondary N) is 1. The van der Waals surface area contributed by atoms with Crippen molar-refractivity contribution in [2.45, 2.75) is 24.8 Å². The highest BCUT2D eigenvalue weighted by molar-refractivity contribution is 9.10. The molecule has 5 nitrogen and oxygen atoms in total. The number of hydrogen-bond acceptors (Lipinski definition) is 3. The van der Waals surface area contributed by atoms with Gasteiger partial charge in [0.1, 0.15) is 0 Å². The lowest BCUT2D eigenvalue weighted by Gasteiger charge is -2.41. The second-order valence-electron chi connectivity index (χ2n) is 4.68. The van der Waals surface area contributed by atoms with Gasteiger partial charge in [-0.1, -0.05) is 15.9 Å². The maximum Gasteiger partial charge on any atom is 0.271 e. The van der Waals surface area contributed by atoms with Gasteiger partial charge in [0.15, 0.2) is 0 Å². The van der Waals surface area contributed by atoms with Crippen LogP contribution in [0.1, 0.15) is 29.6 Å². The molecule has 0 radical (unpaired) electrons. The molecule has 102 valence electrons. The summed E-state index contributed by atoms with van der Waals surface area (Å²) in [5.74, 6) is 0.0271. The molecule has 0 bridgehead atoms. The van der Waals surface area contributed by atoms with Gasteiger partial charge < -0.3 is 5.32 Å². The number of rotatable bonds is 4. The Kier molecular flexibility index (Phi) is 4.10. The molecule has 1 aliphatic rings. The number of hydrogen-bond donors (Lipinski definition) is 1. The van der Waals surface area contributed by atoms with E-state index in [4.69, 9.17) is 11.6 Å². The number of benzene rings is 1. The van der Waals surface area contributed by atoms with Crippen molar-refractivity contribution >= 4 is 39.1 Å². The molecule has 1 aromatic carbocycles. The Morgan fingerprint density at radius 2 is 2.16 bits per heavy atom. The van der Waals surface area contributed by atoms with Crippen molar-refractivity contribution in [1.29, 1.82) is 0 Å². The summed E-state index contributed by atoms with van der Waals surface area (Å²) in [6.07, 6.45) is 2.72. The molecule has 1 amide bonds. The van der Waals surface area contributed by atoms with Crippen LogP contribution in [0.4, 0.5) is 5.69 Å². The minimum atomic E-state index is -0.526. The highest BCUT2D eigenvalue weighted by Crippen LogP contribution is 2.33. The van der Waals surface area contributed by atoms with Crippen molar-refractivity contribution in [3.8, 4) is 0 Å². The molecule has 0 saturated heterocycles. The Morgan fingerprint density at radius 1 is 1.47 bits per heavy atom. The number of carbonyl (C=O) groups is 1. The molecule has 0 aromatic heterocycles. The second kappa shape index (κ2) is 5.46. The van der Waals surface area contributed by atoms with E-state index in [0.717, 1.165) is 19.3 Å². The summed E-state index contributed by atoms with van der Waals surface area (Å²) in [4.78, 5) is 22.4. The number of non-ortho nitro benzene ring substituents is 1. The zero-order chi connectivity index (χ0) is 14.0. The van der Waals surface area contributed by atoms with Gasteiger partial charge in [-0.3, -0.25) is 14.9 Å². The van der Waals surface area contributed by atoms with Crippen molar-refractivity contribution in [1.82, 2.24) is 5.32 Å². The molecule has 1 aromatic rings. The maximum absolute atomic E-state index is 12.1. The van der Waals surface area contributed by atoms with Crippen LogP contribution in [0.15, 0.2) is 22.7 Å². The lowest BCUT2D eigenvalue weighted by Crippen LogP contribution is -2.55. The molecule has 1 aliphatic carbocycles. The Bertz CT molecular complexity index is 526. The predicted molar refractivity (Wildman–Crippen MR) is 75.6 cm³/mol. The van der Waals surface area contributed by atoms with Crippen LogP contribution in [0.25, 0.3) is 0 Å². The number of halogens is 2. The van der Waals surface area contributed by atoms with E-state index in [1.54, 1.807) is 6.07 Å². The third kappa shape index (κ3) is 3.06. The van der Waals surface area contributed by atoms with E-state index in [0.29, 0.717) is 10.4 Å². The number of alkyl halides is 1. The van der Waals surface area contributed by atoms with Crippen LogP contribution in [0.2, 0.25) is 0 Å². The first-order valence-corrected chi connectivity index (χ1v) is 7.12. The summed E-state index contributed by atoms with van der Waals surface area (Å²) in [6.45, 7) is 0. The summed E-state index contributed by atoms with van der Waals surface area (Å²) >= 11 is 9.04. The Labute approximate surface area is 123 Å². The lowest BCUT2D eigenvalue weighted by molar-refractivity contribution is -0.385. The van der Waals surface area contributed by atoms with E-state index < -0.39 is 4.92 Å². The van der Waals surface area contributed by atoms with Crippen molar-refractivity contribution in [3.63, 3.8) is 0 Å². The first-order valence-electron chi connectivity index (χ1n) is 5.79. The second-order valence-corrected chi connectivity index (χ2v) is 5.86. The molecule has 1 saturated carbocycles.